The van der Waals surface area contributed by atoms with Gasteiger partial charge in [0.2, 0.25) is 16.8 Å². The molecule has 0 aromatic heterocycles. The van der Waals surface area contributed by atoms with Gasteiger partial charge in [-0.1, -0.05) is 26.0 Å². The van der Waals surface area contributed by atoms with Crippen LogP contribution in [-0.2, 0) is 24.3 Å². The second-order valence-corrected chi connectivity index (χ2v) is 9.08. The Kier molecular flexibility index (Phi) is 7.72. The molecule has 2 aromatic carbocycles. The molecule has 1 aliphatic heterocycles. The van der Waals surface area contributed by atoms with Crippen molar-refractivity contribution >= 4 is 33.7 Å². The number of benzene rings is 2. The molecule has 33 heavy (non-hydrogen) atoms. The van der Waals surface area contributed by atoms with Crippen molar-refractivity contribution in [2.45, 2.75) is 25.7 Å². The summed E-state index contributed by atoms with van der Waals surface area (Å²) >= 11 is 0. The van der Waals surface area contributed by atoms with Crippen LogP contribution in [0.25, 0.3) is 6.08 Å². The van der Waals surface area contributed by atoms with Crippen molar-refractivity contribution in [3.8, 4) is 11.5 Å². The van der Waals surface area contributed by atoms with E-state index in [-0.39, 0.29) is 11.7 Å². The highest BCUT2D eigenvalue weighted by atomic mass is 32.2. The SMILES string of the molecule is CCN(CC)S(=O)(=O)c1cc(NC(=O)COC(=O)C=Cc2ccc3c(c2)OCO3)ccc1C. The molecule has 0 saturated carbocycles. The average molecular weight is 475 g/mol. The van der Waals surface area contributed by atoms with Crippen LogP contribution < -0.4 is 14.8 Å². The number of hydrogen-bond donors (Lipinski definition) is 1. The number of carbonyl (C=O) groups excluding carboxylic acids is 2. The Hall–Kier alpha value is -3.37. The first-order valence-corrected chi connectivity index (χ1v) is 11.8. The number of anilines is 1. The predicted octanol–water partition coefficient (Wildman–Crippen LogP) is 2.95. The number of rotatable bonds is 9. The highest BCUT2D eigenvalue weighted by Gasteiger charge is 2.24. The molecule has 1 amide bonds. The zero-order valence-corrected chi connectivity index (χ0v) is 19.5. The Morgan fingerprint density at radius 1 is 1.09 bits per heavy atom. The van der Waals surface area contributed by atoms with Gasteiger partial charge in [0, 0.05) is 24.9 Å². The van der Waals surface area contributed by atoms with Gasteiger partial charge < -0.3 is 19.5 Å². The highest BCUT2D eigenvalue weighted by molar-refractivity contribution is 7.89. The fourth-order valence-electron chi connectivity index (χ4n) is 3.22. The predicted molar refractivity (Wildman–Crippen MR) is 122 cm³/mol. The molecule has 10 heteroatoms. The van der Waals surface area contributed by atoms with Crippen LogP contribution in [-0.4, -0.2) is 51.1 Å². The smallest absolute Gasteiger partial charge is 0.331 e. The fraction of sp³-hybridized carbons (Fsp3) is 0.304. The van der Waals surface area contributed by atoms with Gasteiger partial charge in [-0.3, -0.25) is 4.79 Å². The zero-order valence-electron chi connectivity index (χ0n) is 18.7. The number of aryl methyl sites for hydroxylation is 1. The molecule has 3 rings (SSSR count). The van der Waals surface area contributed by atoms with Crippen LogP contribution in [0.4, 0.5) is 5.69 Å². The molecular formula is C23H26N2O7S. The third-order valence-electron chi connectivity index (χ3n) is 4.95. The van der Waals surface area contributed by atoms with Crippen LogP contribution in [0.1, 0.15) is 25.0 Å². The van der Waals surface area contributed by atoms with E-state index in [0.717, 1.165) is 0 Å². The lowest BCUT2D eigenvalue weighted by Gasteiger charge is -2.20. The van der Waals surface area contributed by atoms with E-state index >= 15 is 0 Å². The minimum absolute atomic E-state index is 0.118. The summed E-state index contributed by atoms with van der Waals surface area (Å²) in [7, 11) is -3.68. The Balaban J connectivity index is 1.58. The summed E-state index contributed by atoms with van der Waals surface area (Å²) < 4.78 is 42.5. The van der Waals surface area contributed by atoms with Crippen molar-refractivity contribution in [2.75, 3.05) is 31.8 Å². The maximum absolute atomic E-state index is 12.8. The first-order chi connectivity index (χ1) is 15.7. The van der Waals surface area contributed by atoms with Crippen molar-refractivity contribution in [3.05, 3.63) is 53.6 Å². The van der Waals surface area contributed by atoms with Crippen LogP contribution in [0.5, 0.6) is 11.5 Å². The summed E-state index contributed by atoms with van der Waals surface area (Å²) in [4.78, 5) is 24.3. The maximum atomic E-state index is 12.8. The molecule has 0 bridgehead atoms. The molecule has 1 heterocycles. The molecule has 1 aliphatic rings. The van der Waals surface area contributed by atoms with E-state index in [1.807, 2.05) is 0 Å². The number of ether oxygens (including phenoxy) is 3. The van der Waals surface area contributed by atoms with E-state index in [4.69, 9.17) is 14.2 Å². The number of sulfonamides is 1. The van der Waals surface area contributed by atoms with E-state index in [0.29, 0.717) is 41.4 Å². The molecule has 0 fully saturated rings. The molecule has 0 unspecified atom stereocenters. The Labute approximate surface area is 193 Å². The van der Waals surface area contributed by atoms with E-state index < -0.39 is 28.5 Å². The van der Waals surface area contributed by atoms with Crippen molar-refractivity contribution in [2.24, 2.45) is 0 Å². The molecule has 0 spiro atoms. The number of carbonyl (C=O) groups is 2. The van der Waals surface area contributed by atoms with Gasteiger partial charge in [-0.25, -0.2) is 13.2 Å². The van der Waals surface area contributed by atoms with Gasteiger partial charge in [0.25, 0.3) is 5.91 Å². The number of nitrogens with one attached hydrogen (secondary N) is 1. The van der Waals surface area contributed by atoms with Crippen LogP contribution in [0.3, 0.4) is 0 Å². The van der Waals surface area contributed by atoms with E-state index in [9.17, 15) is 18.0 Å². The zero-order chi connectivity index (χ0) is 24.0. The molecule has 0 radical (unpaired) electrons. The standard InChI is InChI=1S/C23H26N2O7S/c1-4-25(5-2)33(28,29)21-13-18(9-6-16(21)3)24-22(26)14-30-23(27)11-8-17-7-10-19-20(12-17)32-15-31-19/h6-13H,4-5,14-15H2,1-3H3,(H,24,26). The Bertz CT molecular complexity index is 1170. The third-order valence-corrected chi connectivity index (χ3v) is 7.14. The fourth-order valence-corrected chi connectivity index (χ4v) is 4.93. The Morgan fingerprint density at radius 3 is 2.55 bits per heavy atom. The monoisotopic (exact) mass is 474 g/mol. The second-order valence-electron chi connectivity index (χ2n) is 7.17. The van der Waals surface area contributed by atoms with Crippen LogP contribution in [0.15, 0.2) is 47.4 Å². The van der Waals surface area contributed by atoms with Gasteiger partial charge in [-0.05, 0) is 48.4 Å². The summed E-state index contributed by atoms with van der Waals surface area (Å²) in [6.45, 7) is 5.53. The van der Waals surface area contributed by atoms with Crippen molar-refractivity contribution in [3.63, 3.8) is 0 Å². The maximum Gasteiger partial charge on any atom is 0.331 e. The quantitative estimate of drug-likeness (QED) is 0.439. The lowest BCUT2D eigenvalue weighted by molar-refractivity contribution is -0.142. The summed E-state index contributed by atoms with van der Waals surface area (Å²) in [6, 6.07) is 9.83. The van der Waals surface area contributed by atoms with Gasteiger partial charge >= 0.3 is 5.97 Å². The largest absolute Gasteiger partial charge is 0.454 e. The number of esters is 1. The molecule has 9 nitrogen and oxygen atoms in total. The van der Waals surface area contributed by atoms with Gasteiger partial charge in [0.05, 0.1) is 4.90 Å². The summed E-state index contributed by atoms with van der Waals surface area (Å²) in [6.07, 6.45) is 2.73. The van der Waals surface area contributed by atoms with Crippen molar-refractivity contribution in [1.29, 1.82) is 0 Å². The highest BCUT2D eigenvalue weighted by Crippen LogP contribution is 2.32. The number of fused-ring (bicyclic) bond motifs is 1. The molecule has 0 atom stereocenters. The van der Waals surface area contributed by atoms with E-state index in [1.54, 1.807) is 51.1 Å². The normalized spacial score (nSPS) is 12.8. The molecule has 176 valence electrons. The molecule has 0 aliphatic carbocycles. The lowest BCUT2D eigenvalue weighted by Crippen LogP contribution is -2.31. The number of hydrogen-bond acceptors (Lipinski definition) is 7. The van der Waals surface area contributed by atoms with Gasteiger partial charge in [0.1, 0.15) is 0 Å². The molecule has 2 aromatic rings. The third kappa shape index (κ3) is 5.91. The van der Waals surface area contributed by atoms with Crippen LogP contribution in [0.2, 0.25) is 0 Å². The minimum atomic E-state index is -3.68. The van der Waals surface area contributed by atoms with Gasteiger partial charge in [-0.15, -0.1) is 0 Å². The summed E-state index contributed by atoms with van der Waals surface area (Å²) in [5.41, 5.74) is 1.57. The van der Waals surface area contributed by atoms with E-state index in [1.165, 1.54) is 22.5 Å². The minimum Gasteiger partial charge on any atom is -0.454 e. The lowest BCUT2D eigenvalue weighted by atomic mass is 10.2. The second kappa shape index (κ2) is 10.5. The van der Waals surface area contributed by atoms with Crippen molar-refractivity contribution < 1.29 is 32.2 Å². The topological polar surface area (TPSA) is 111 Å². The van der Waals surface area contributed by atoms with Gasteiger partial charge in [0.15, 0.2) is 18.1 Å². The van der Waals surface area contributed by atoms with Gasteiger partial charge in [-0.2, -0.15) is 4.31 Å². The van der Waals surface area contributed by atoms with Crippen LogP contribution in [0, 0.1) is 6.92 Å². The first kappa shape index (κ1) is 24.3. The average Bonchev–Trinajstić information content (AvgIpc) is 3.26. The molecular weight excluding hydrogens is 448 g/mol. The van der Waals surface area contributed by atoms with Crippen LogP contribution >= 0.6 is 0 Å². The number of amides is 1. The summed E-state index contributed by atoms with van der Waals surface area (Å²) in [5, 5.41) is 2.56. The molecule has 0 saturated heterocycles. The van der Waals surface area contributed by atoms with Crippen molar-refractivity contribution in [1.82, 2.24) is 4.31 Å². The molecule has 1 N–H and O–H groups in total. The number of nitrogens with zero attached hydrogens (tertiary/aromatic N) is 1. The van der Waals surface area contributed by atoms with E-state index in [2.05, 4.69) is 5.32 Å². The first-order valence-electron chi connectivity index (χ1n) is 10.4. The summed E-state index contributed by atoms with van der Waals surface area (Å²) in [5.74, 6) is -0.0627. The Morgan fingerprint density at radius 2 is 1.82 bits per heavy atom.